The molecule has 1 aromatic rings. The lowest BCUT2D eigenvalue weighted by atomic mass is 10.0. The number of nitrogens with one attached hydrogen (secondary N) is 3. The molecule has 4 rings (SSSR count). The minimum Gasteiger partial charge on any atom is -0.629 e. The van der Waals surface area contributed by atoms with Crippen LogP contribution in [0.25, 0.3) is 5.57 Å². The number of hydrogen-bond donors (Lipinski definition) is 3. The van der Waals surface area contributed by atoms with Crippen LogP contribution in [-0.2, 0) is 4.74 Å². The van der Waals surface area contributed by atoms with Gasteiger partial charge in [0.05, 0.1) is 24.3 Å². The van der Waals surface area contributed by atoms with Gasteiger partial charge in [-0.15, -0.1) is 0 Å². The Morgan fingerprint density at radius 1 is 1.48 bits per heavy atom. The van der Waals surface area contributed by atoms with Crippen LogP contribution in [0.3, 0.4) is 0 Å². The minimum atomic E-state index is -0.181. The van der Waals surface area contributed by atoms with E-state index in [1.165, 1.54) is 0 Å². The molecule has 3 aliphatic rings. The highest BCUT2D eigenvalue weighted by atomic mass is 16.6. The van der Waals surface area contributed by atoms with Gasteiger partial charge in [-0.05, 0) is 13.0 Å². The van der Waals surface area contributed by atoms with E-state index in [4.69, 9.17) is 9.47 Å². The van der Waals surface area contributed by atoms with Gasteiger partial charge in [0, 0.05) is 11.6 Å². The smallest absolute Gasteiger partial charge is 0.315 e. The Labute approximate surface area is 133 Å². The van der Waals surface area contributed by atoms with E-state index in [1.54, 1.807) is 0 Å². The Morgan fingerprint density at radius 2 is 2.30 bits per heavy atom. The molecule has 7 nitrogen and oxygen atoms in total. The van der Waals surface area contributed by atoms with Gasteiger partial charge >= 0.3 is 6.03 Å². The number of rotatable bonds is 4. The number of carbonyl (C=O) groups is 1. The van der Waals surface area contributed by atoms with Gasteiger partial charge < -0.3 is 30.4 Å². The lowest BCUT2D eigenvalue weighted by Gasteiger charge is -2.15. The first-order valence-electron chi connectivity index (χ1n) is 7.80. The molecule has 2 amide bonds. The normalized spacial score (nSPS) is 33.3. The van der Waals surface area contributed by atoms with E-state index in [1.807, 2.05) is 31.2 Å². The topological polar surface area (TPSA) is 90.4 Å². The quantitative estimate of drug-likeness (QED) is 0.536. The average molecular weight is 317 g/mol. The van der Waals surface area contributed by atoms with Gasteiger partial charge in [-0.1, -0.05) is 12.1 Å². The number of ether oxygens (including phenoxy) is 2. The third-order valence-electron chi connectivity index (χ3n) is 4.40. The number of epoxide rings is 1. The number of benzene rings is 1. The summed E-state index contributed by atoms with van der Waals surface area (Å²) in [6, 6.07) is 5.22. The molecular weight excluding hydrogens is 298 g/mol. The summed E-state index contributed by atoms with van der Waals surface area (Å²) in [5.74, 6) is 0.708. The fourth-order valence-corrected chi connectivity index (χ4v) is 3.08. The van der Waals surface area contributed by atoms with Crippen LogP contribution in [0.2, 0.25) is 0 Å². The number of fused-ring (bicyclic) bond motifs is 1. The number of urea groups is 1. The largest absolute Gasteiger partial charge is 0.629 e. The summed E-state index contributed by atoms with van der Waals surface area (Å²) < 4.78 is 11.0. The molecule has 0 spiro atoms. The van der Waals surface area contributed by atoms with Crippen molar-refractivity contribution in [2.45, 2.75) is 25.1 Å². The van der Waals surface area contributed by atoms with Gasteiger partial charge in [0.1, 0.15) is 30.7 Å². The van der Waals surface area contributed by atoms with Crippen LogP contribution in [0.1, 0.15) is 12.5 Å². The van der Waals surface area contributed by atoms with Gasteiger partial charge in [0.25, 0.3) is 0 Å². The van der Waals surface area contributed by atoms with Crippen LogP contribution in [0.5, 0.6) is 5.75 Å². The number of hydroxylamine groups is 1. The van der Waals surface area contributed by atoms with E-state index in [0.717, 1.165) is 17.7 Å². The van der Waals surface area contributed by atoms with Crippen LogP contribution >= 0.6 is 0 Å². The zero-order valence-electron chi connectivity index (χ0n) is 12.8. The molecule has 3 N–H and O–H groups in total. The number of amides is 2. The molecule has 2 fully saturated rings. The molecule has 3 aliphatic heterocycles. The summed E-state index contributed by atoms with van der Waals surface area (Å²) in [4.78, 5) is 11.4. The van der Waals surface area contributed by atoms with E-state index in [0.29, 0.717) is 24.6 Å². The molecule has 0 aliphatic carbocycles. The minimum absolute atomic E-state index is 0.0119. The third-order valence-corrected chi connectivity index (χ3v) is 4.40. The maximum Gasteiger partial charge on any atom is 0.315 e. The van der Waals surface area contributed by atoms with E-state index < -0.39 is 0 Å². The monoisotopic (exact) mass is 317 g/mol. The molecule has 3 heterocycles. The van der Waals surface area contributed by atoms with Crippen molar-refractivity contribution in [1.82, 2.24) is 10.6 Å². The Balaban J connectivity index is 1.65. The highest BCUT2D eigenvalue weighted by molar-refractivity contribution is 5.83. The van der Waals surface area contributed by atoms with Crippen molar-refractivity contribution < 1.29 is 19.3 Å². The number of hydrogen-bond acceptors (Lipinski definition) is 4. The molecule has 4 unspecified atom stereocenters. The lowest BCUT2D eigenvalue weighted by molar-refractivity contribution is -0.762. The molecule has 23 heavy (non-hydrogen) atoms. The highest BCUT2D eigenvalue weighted by Crippen LogP contribution is 2.35. The lowest BCUT2D eigenvalue weighted by Crippen LogP contribution is -3.00. The van der Waals surface area contributed by atoms with Crippen molar-refractivity contribution in [3.8, 4) is 5.75 Å². The van der Waals surface area contributed by atoms with E-state index in [9.17, 15) is 10.0 Å². The second-order valence-electron chi connectivity index (χ2n) is 6.17. The van der Waals surface area contributed by atoms with Crippen molar-refractivity contribution in [3.05, 3.63) is 35.0 Å². The van der Waals surface area contributed by atoms with Crippen molar-refractivity contribution in [1.29, 1.82) is 0 Å². The second kappa shape index (κ2) is 5.52. The Hall–Kier alpha value is -2.09. The molecule has 4 atom stereocenters. The molecule has 0 radical (unpaired) electrons. The zero-order chi connectivity index (χ0) is 16.0. The SMILES string of the molecule is CC1NC(=O)NC1C=C1C[NH+]([O-])c2cccc(OCC3CO3)c21. The first-order chi connectivity index (χ1) is 11.1. The summed E-state index contributed by atoms with van der Waals surface area (Å²) in [7, 11) is 0. The Bertz CT molecular complexity index is 671. The summed E-state index contributed by atoms with van der Waals surface area (Å²) >= 11 is 0. The molecule has 2 saturated heterocycles. The highest BCUT2D eigenvalue weighted by Gasteiger charge is 2.33. The molecule has 1 aromatic carbocycles. The fourth-order valence-electron chi connectivity index (χ4n) is 3.08. The first kappa shape index (κ1) is 14.5. The fraction of sp³-hybridized carbons (Fsp3) is 0.438. The van der Waals surface area contributed by atoms with Crippen molar-refractivity contribution in [2.75, 3.05) is 19.8 Å². The van der Waals surface area contributed by atoms with Gasteiger partial charge in [-0.2, -0.15) is 0 Å². The van der Waals surface area contributed by atoms with E-state index in [-0.39, 0.29) is 29.3 Å². The van der Waals surface area contributed by atoms with Crippen molar-refractivity contribution in [2.24, 2.45) is 0 Å². The Morgan fingerprint density at radius 3 is 3.00 bits per heavy atom. The summed E-state index contributed by atoms with van der Waals surface area (Å²) in [5.41, 5.74) is 2.46. The second-order valence-corrected chi connectivity index (χ2v) is 6.17. The molecule has 0 bridgehead atoms. The standard InChI is InChI=1S/C16H19N3O4/c1-9-12(18-16(20)17-9)5-10-6-19(21)13-3-2-4-14(15(10)13)23-8-11-7-22-11/h2-5,9,11-12,19H,6-8H2,1H3,(H2,17,18,20). The van der Waals surface area contributed by atoms with Crippen molar-refractivity contribution >= 4 is 17.3 Å². The van der Waals surface area contributed by atoms with Crippen LogP contribution in [0.15, 0.2) is 24.3 Å². The van der Waals surface area contributed by atoms with Crippen molar-refractivity contribution in [3.63, 3.8) is 0 Å². The summed E-state index contributed by atoms with van der Waals surface area (Å²) in [6.07, 6.45) is 2.13. The number of carbonyl (C=O) groups excluding carboxylic acids is 1. The third kappa shape index (κ3) is 2.78. The van der Waals surface area contributed by atoms with Crippen LogP contribution in [-0.4, -0.2) is 44.0 Å². The van der Waals surface area contributed by atoms with Crippen LogP contribution < -0.4 is 20.4 Å². The van der Waals surface area contributed by atoms with Gasteiger partial charge in [0.2, 0.25) is 0 Å². The average Bonchev–Trinajstić information content (AvgIpc) is 3.22. The molecule has 0 aromatic heterocycles. The maximum atomic E-state index is 12.3. The van der Waals surface area contributed by atoms with Gasteiger partial charge in [-0.3, -0.25) is 0 Å². The molecule has 7 heteroatoms. The molecule has 122 valence electrons. The van der Waals surface area contributed by atoms with Gasteiger partial charge in [0.15, 0.2) is 0 Å². The van der Waals surface area contributed by atoms with Crippen LogP contribution in [0.4, 0.5) is 10.5 Å². The van der Waals surface area contributed by atoms with E-state index >= 15 is 0 Å². The van der Waals surface area contributed by atoms with Crippen LogP contribution in [0, 0.1) is 5.21 Å². The maximum absolute atomic E-state index is 12.3. The molecular formula is C16H19N3O4. The Kier molecular flexibility index (Phi) is 3.48. The first-order valence-corrected chi connectivity index (χ1v) is 7.80. The van der Waals surface area contributed by atoms with E-state index in [2.05, 4.69) is 10.6 Å². The molecule has 0 saturated carbocycles. The predicted molar refractivity (Wildman–Crippen MR) is 83.4 cm³/mol. The zero-order valence-corrected chi connectivity index (χ0v) is 12.8. The predicted octanol–water partition coefficient (Wildman–Crippen LogP) is -0.0547. The summed E-state index contributed by atoms with van der Waals surface area (Å²) in [6.45, 7) is 3.50. The summed E-state index contributed by atoms with van der Waals surface area (Å²) in [5, 5.41) is 18.0. The van der Waals surface area contributed by atoms with Gasteiger partial charge in [-0.25, -0.2) is 4.79 Å². The number of quaternary nitrogens is 1.